The second-order valence-electron chi connectivity index (χ2n) is 3.96. The van der Waals surface area contributed by atoms with Gasteiger partial charge in [-0.3, -0.25) is 0 Å². The average molecular weight is 220 g/mol. The van der Waals surface area contributed by atoms with E-state index in [9.17, 15) is 0 Å². The Morgan fingerprint density at radius 3 is 2.12 bits per heavy atom. The van der Waals surface area contributed by atoms with Crippen molar-refractivity contribution in [1.82, 2.24) is 0 Å². The fraction of sp³-hybridized carbons (Fsp3) is 0.0588. The van der Waals surface area contributed by atoms with Gasteiger partial charge < -0.3 is 0 Å². The summed E-state index contributed by atoms with van der Waals surface area (Å²) in [6.45, 7) is 7.82. The highest BCUT2D eigenvalue weighted by atomic mass is 14.2. The zero-order chi connectivity index (χ0) is 12.1. The molecule has 0 fully saturated rings. The van der Waals surface area contributed by atoms with Crippen LogP contribution >= 0.6 is 0 Å². The topological polar surface area (TPSA) is 0 Å². The maximum absolute atomic E-state index is 3.95. The lowest BCUT2D eigenvalue weighted by Gasteiger charge is -2.16. The average Bonchev–Trinajstić information content (AvgIpc) is 2.41. The van der Waals surface area contributed by atoms with Crippen LogP contribution in [-0.2, 0) is 0 Å². The quantitative estimate of drug-likeness (QED) is 0.658. The van der Waals surface area contributed by atoms with Gasteiger partial charge in [0.2, 0.25) is 0 Å². The van der Waals surface area contributed by atoms with Crippen LogP contribution in [0.1, 0.15) is 22.6 Å². The minimum atomic E-state index is 0.227. The van der Waals surface area contributed by atoms with Crippen molar-refractivity contribution >= 4 is 6.08 Å². The van der Waals surface area contributed by atoms with Crippen LogP contribution in [0.3, 0.4) is 0 Å². The van der Waals surface area contributed by atoms with Gasteiger partial charge in [-0.15, -0.1) is 6.58 Å². The minimum absolute atomic E-state index is 0.227. The molecule has 17 heavy (non-hydrogen) atoms. The second-order valence-corrected chi connectivity index (χ2v) is 3.96. The maximum Gasteiger partial charge on any atom is 0.0272 e. The van der Waals surface area contributed by atoms with Gasteiger partial charge >= 0.3 is 0 Å². The smallest absolute Gasteiger partial charge is 0.0272 e. The summed E-state index contributed by atoms with van der Waals surface area (Å²) in [5, 5.41) is 0. The third-order valence-corrected chi connectivity index (χ3v) is 2.95. The highest BCUT2D eigenvalue weighted by Crippen LogP contribution is 2.28. The lowest BCUT2D eigenvalue weighted by molar-refractivity contribution is 1.03. The van der Waals surface area contributed by atoms with E-state index in [1.54, 1.807) is 0 Å². The summed E-state index contributed by atoms with van der Waals surface area (Å²) in [7, 11) is 0. The molecule has 0 bridgehead atoms. The number of allylic oxidation sites excluding steroid dienone is 1. The van der Waals surface area contributed by atoms with Crippen LogP contribution in [0.4, 0.5) is 0 Å². The summed E-state index contributed by atoms with van der Waals surface area (Å²) in [6.07, 6.45) is 3.88. The fourth-order valence-corrected chi connectivity index (χ4v) is 2.08. The molecule has 84 valence electrons. The van der Waals surface area contributed by atoms with E-state index in [2.05, 4.69) is 55.6 Å². The van der Waals surface area contributed by atoms with Gasteiger partial charge in [0.15, 0.2) is 0 Å². The maximum atomic E-state index is 3.95. The Bertz CT molecular complexity index is 509. The number of rotatable bonds is 4. The van der Waals surface area contributed by atoms with Crippen molar-refractivity contribution in [3.63, 3.8) is 0 Å². The molecule has 0 aromatic heterocycles. The molecule has 2 aromatic carbocycles. The minimum Gasteiger partial charge on any atom is -0.102 e. The number of hydrogen-bond donors (Lipinski definition) is 0. The van der Waals surface area contributed by atoms with E-state index >= 15 is 0 Å². The van der Waals surface area contributed by atoms with Crippen molar-refractivity contribution in [3.8, 4) is 0 Å². The Labute approximate surface area is 103 Å². The Balaban J connectivity index is 2.49. The molecule has 0 saturated heterocycles. The Morgan fingerprint density at radius 1 is 0.824 bits per heavy atom. The highest BCUT2D eigenvalue weighted by Gasteiger charge is 2.11. The monoisotopic (exact) mass is 220 g/mol. The van der Waals surface area contributed by atoms with E-state index in [1.165, 1.54) is 16.7 Å². The predicted molar refractivity (Wildman–Crippen MR) is 75.0 cm³/mol. The molecule has 0 heteroatoms. The van der Waals surface area contributed by atoms with Gasteiger partial charge in [-0.05, 0) is 16.7 Å². The van der Waals surface area contributed by atoms with E-state index in [1.807, 2.05) is 24.3 Å². The normalized spacial score (nSPS) is 11.8. The lowest BCUT2D eigenvalue weighted by atomic mass is 9.88. The van der Waals surface area contributed by atoms with Crippen molar-refractivity contribution in [3.05, 3.63) is 90.5 Å². The molecular formula is C17H16. The zero-order valence-electron chi connectivity index (χ0n) is 9.84. The molecule has 0 heterocycles. The van der Waals surface area contributed by atoms with Crippen molar-refractivity contribution in [2.24, 2.45) is 0 Å². The van der Waals surface area contributed by atoms with Gasteiger partial charge in [0, 0.05) is 5.92 Å². The highest BCUT2D eigenvalue weighted by molar-refractivity contribution is 5.55. The van der Waals surface area contributed by atoms with Gasteiger partial charge in [-0.2, -0.15) is 0 Å². The van der Waals surface area contributed by atoms with Gasteiger partial charge in [0.1, 0.15) is 0 Å². The molecule has 0 aliphatic rings. The van der Waals surface area contributed by atoms with Crippen LogP contribution in [0.5, 0.6) is 0 Å². The first kappa shape index (κ1) is 11.4. The van der Waals surface area contributed by atoms with E-state index in [4.69, 9.17) is 0 Å². The van der Waals surface area contributed by atoms with E-state index < -0.39 is 0 Å². The standard InChI is InChI=1S/C17H16/c1-3-14-10-8-9-13-17(14)16(4-2)15-11-6-5-7-12-15/h3-13,16H,1-2H2. The van der Waals surface area contributed by atoms with Gasteiger partial charge in [0.25, 0.3) is 0 Å². The zero-order valence-corrected chi connectivity index (χ0v) is 9.84. The summed E-state index contributed by atoms with van der Waals surface area (Å²) in [5.41, 5.74) is 3.68. The molecule has 1 unspecified atom stereocenters. The molecule has 0 aliphatic carbocycles. The van der Waals surface area contributed by atoms with Crippen LogP contribution in [0.25, 0.3) is 6.08 Å². The summed E-state index contributed by atoms with van der Waals surface area (Å²) < 4.78 is 0. The van der Waals surface area contributed by atoms with Gasteiger partial charge in [-0.1, -0.05) is 73.3 Å². The molecule has 0 aliphatic heterocycles. The summed E-state index contributed by atoms with van der Waals surface area (Å²) in [5.74, 6) is 0.227. The fourth-order valence-electron chi connectivity index (χ4n) is 2.08. The third-order valence-electron chi connectivity index (χ3n) is 2.95. The van der Waals surface area contributed by atoms with E-state index in [-0.39, 0.29) is 5.92 Å². The predicted octanol–water partition coefficient (Wildman–Crippen LogP) is 4.65. The molecule has 0 nitrogen and oxygen atoms in total. The van der Waals surface area contributed by atoms with Crippen molar-refractivity contribution in [2.75, 3.05) is 0 Å². The molecule has 0 amide bonds. The number of benzene rings is 2. The lowest BCUT2D eigenvalue weighted by Crippen LogP contribution is -1.99. The first-order valence-corrected chi connectivity index (χ1v) is 5.75. The Kier molecular flexibility index (Phi) is 3.56. The Morgan fingerprint density at radius 2 is 1.47 bits per heavy atom. The number of hydrogen-bond acceptors (Lipinski definition) is 0. The Hall–Kier alpha value is -2.08. The van der Waals surface area contributed by atoms with E-state index in [0.717, 1.165) is 0 Å². The molecular weight excluding hydrogens is 204 g/mol. The second kappa shape index (κ2) is 5.31. The van der Waals surface area contributed by atoms with Gasteiger partial charge in [-0.25, -0.2) is 0 Å². The molecule has 1 atom stereocenters. The van der Waals surface area contributed by atoms with Crippen LogP contribution in [-0.4, -0.2) is 0 Å². The molecule has 0 saturated carbocycles. The van der Waals surface area contributed by atoms with Crippen LogP contribution in [0, 0.1) is 0 Å². The summed E-state index contributed by atoms with van der Waals surface area (Å²) >= 11 is 0. The molecule has 0 spiro atoms. The first-order valence-electron chi connectivity index (χ1n) is 5.75. The molecule has 2 aromatic rings. The van der Waals surface area contributed by atoms with E-state index in [0.29, 0.717) is 0 Å². The SMILES string of the molecule is C=Cc1ccccc1C(C=C)c1ccccc1. The van der Waals surface area contributed by atoms with Gasteiger partial charge in [0.05, 0.1) is 0 Å². The van der Waals surface area contributed by atoms with Crippen molar-refractivity contribution in [1.29, 1.82) is 0 Å². The first-order chi connectivity index (χ1) is 8.36. The summed E-state index contributed by atoms with van der Waals surface area (Å²) in [4.78, 5) is 0. The van der Waals surface area contributed by atoms with Crippen molar-refractivity contribution in [2.45, 2.75) is 5.92 Å². The molecule has 2 rings (SSSR count). The summed E-state index contributed by atoms with van der Waals surface area (Å²) in [6, 6.07) is 18.7. The van der Waals surface area contributed by atoms with Crippen molar-refractivity contribution < 1.29 is 0 Å². The van der Waals surface area contributed by atoms with Crippen LogP contribution in [0.15, 0.2) is 73.8 Å². The molecule has 0 radical (unpaired) electrons. The van der Waals surface area contributed by atoms with Crippen LogP contribution < -0.4 is 0 Å². The van der Waals surface area contributed by atoms with Crippen LogP contribution in [0.2, 0.25) is 0 Å². The molecule has 0 N–H and O–H groups in total. The third kappa shape index (κ3) is 2.36. The largest absolute Gasteiger partial charge is 0.102 e.